The standard InChI is InChI=1S/C16H13NO3S/c1-19-16(18)12-10-14(17-11-6-3-2-4-7-11)21-15(12)13-8-5-9-20-13/h2-10,17H,1H3. The number of hydrogen-bond donors (Lipinski definition) is 1. The number of carbonyl (C=O) groups excluding carboxylic acids is 1. The van der Waals surface area contributed by atoms with Gasteiger partial charge in [0.25, 0.3) is 0 Å². The Morgan fingerprint density at radius 1 is 1.19 bits per heavy atom. The number of nitrogens with one attached hydrogen (secondary N) is 1. The second-order valence-electron chi connectivity index (χ2n) is 4.31. The SMILES string of the molecule is COC(=O)c1cc(Nc2ccccc2)sc1-c1ccco1. The Hall–Kier alpha value is -2.53. The molecule has 21 heavy (non-hydrogen) atoms. The summed E-state index contributed by atoms with van der Waals surface area (Å²) >= 11 is 1.45. The van der Waals surface area contributed by atoms with Crippen molar-refractivity contribution >= 4 is 28.0 Å². The van der Waals surface area contributed by atoms with Crippen LogP contribution in [0.3, 0.4) is 0 Å². The van der Waals surface area contributed by atoms with Crippen molar-refractivity contribution in [2.45, 2.75) is 0 Å². The first kappa shape index (κ1) is 13.5. The van der Waals surface area contributed by atoms with Gasteiger partial charge in [-0.3, -0.25) is 0 Å². The van der Waals surface area contributed by atoms with Crippen molar-refractivity contribution in [3.8, 4) is 10.6 Å². The molecule has 2 aromatic heterocycles. The summed E-state index contributed by atoms with van der Waals surface area (Å²) in [6.45, 7) is 0. The van der Waals surface area contributed by atoms with Crippen LogP contribution in [-0.2, 0) is 4.74 Å². The highest BCUT2D eigenvalue weighted by Crippen LogP contribution is 2.37. The number of anilines is 2. The first-order chi connectivity index (χ1) is 10.3. The van der Waals surface area contributed by atoms with E-state index in [1.165, 1.54) is 18.4 Å². The number of benzene rings is 1. The molecule has 0 aliphatic rings. The topological polar surface area (TPSA) is 51.5 Å². The van der Waals surface area contributed by atoms with Gasteiger partial charge in [-0.25, -0.2) is 4.79 Å². The van der Waals surface area contributed by atoms with Crippen LogP contribution >= 0.6 is 11.3 Å². The molecule has 0 spiro atoms. The second kappa shape index (κ2) is 5.85. The van der Waals surface area contributed by atoms with Gasteiger partial charge in [0.05, 0.1) is 28.8 Å². The zero-order valence-electron chi connectivity index (χ0n) is 11.3. The maximum atomic E-state index is 11.9. The molecule has 0 saturated carbocycles. The normalized spacial score (nSPS) is 10.3. The van der Waals surface area contributed by atoms with Crippen molar-refractivity contribution < 1.29 is 13.9 Å². The number of rotatable bonds is 4. The van der Waals surface area contributed by atoms with Gasteiger partial charge in [0.2, 0.25) is 0 Å². The number of carbonyl (C=O) groups is 1. The molecule has 0 unspecified atom stereocenters. The number of para-hydroxylation sites is 1. The quantitative estimate of drug-likeness (QED) is 0.719. The van der Waals surface area contributed by atoms with Gasteiger partial charge in [-0.2, -0.15) is 0 Å². The van der Waals surface area contributed by atoms with Gasteiger partial charge in [0.15, 0.2) is 0 Å². The Morgan fingerprint density at radius 2 is 2.00 bits per heavy atom. The zero-order valence-corrected chi connectivity index (χ0v) is 12.1. The Bertz CT molecular complexity index is 732. The molecule has 0 radical (unpaired) electrons. The van der Waals surface area contributed by atoms with Gasteiger partial charge in [0.1, 0.15) is 5.76 Å². The number of hydrogen-bond acceptors (Lipinski definition) is 5. The minimum absolute atomic E-state index is 0.376. The van der Waals surface area contributed by atoms with Gasteiger partial charge in [-0.05, 0) is 30.3 Å². The van der Waals surface area contributed by atoms with Crippen LogP contribution in [0, 0.1) is 0 Å². The highest BCUT2D eigenvalue weighted by Gasteiger charge is 2.19. The van der Waals surface area contributed by atoms with Crippen LogP contribution in [0.5, 0.6) is 0 Å². The number of furan rings is 1. The predicted molar refractivity (Wildman–Crippen MR) is 83.1 cm³/mol. The fourth-order valence-corrected chi connectivity index (χ4v) is 3.00. The third-order valence-corrected chi connectivity index (χ3v) is 3.99. The number of thiophene rings is 1. The molecule has 4 nitrogen and oxygen atoms in total. The summed E-state index contributed by atoms with van der Waals surface area (Å²) in [5.41, 5.74) is 1.46. The van der Waals surface area contributed by atoms with Crippen LogP contribution < -0.4 is 5.32 Å². The maximum absolute atomic E-state index is 11.9. The molecule has 0 amide bonds. The lowest BCUT2D eigenvalue weighted by Crippen LogP contribution is -2.00. The van der Waals surface area contributed by atoms with Gasteiger partial charge >= 0.3 is 5.97 Å². The van der Waals surface area contributed by atoms with Crippen LogP contribution in [0.15, 0.2) is 59.2 Å². The molecule has 3 rings (SSSR count). The highest BCUT2D eigenvalue weighted by atomic mass is 32.1. The van der Waals surface area contributed by atoms with E-state index in [1.807, 2.05) is 36.4 Å². The summed E-state index contributed by atoms with van der Waals surface area (Å²) in [5.74, 6) is 0.278. The largest absolute Gasteiger partial charge is 0.465 e. The lowest BCUT2D eigenvalue weighted by Gasteiger charge is -2.01. The molecular formula is C16H13NO3S. The average Bonchev–Trinajstić information content (AvgIpc) is 3.16. The molecule has 0 fully saturated rings. The Labute approximate surface area is 126 Å². The van der Waals surface area contributed by atoms with E-state index in [2.05, 4.69) is 5.32 Å². The van der Waals surface area contributed by atoms with Crippen molar-refractivity contribution in [1.29, 1.82) is 0 Å². The summed E-state index contributed by atoms with van der Waals surface area (Å²) in [6.07, 6.45) is 1.58. The molecule has 1 N–H and O–H groups in total. The molecule has 0 bridgehead atoms. The van der Waals surface area contributed by atoms with Crippen molar-refractivity contribution in [3.05, 3.63) is 60.4 Å². The van der Waals surface area contributed by atoms with E-state index >= 15 is 0 Å². The van der Waals surface area contributed by atoms with Gasteiger partial charge in [-0.1, -0.05) is 18.2 Å². The Morgan fingerprint density at radius 3 is 2.67 bits per heavy atom. The summed E-state index contributed by atoms with van der Waals surface area (Å²) in [5, 5.41) is 4.13. The lowest BCUT2D eigenvalue weighted by atomic mass is 10.2. The summed E-state index contributed by atoms with van der Waals surface area (Å²) in [4.78, 5) is 12.7. The van der Waals surface area contributed by atoms with E-state index < -0.39 is 0 Å². The van der Waals surface area contributed by atoms with Crippen molar-refractivity contribution in [2.24, 2.45) is 0 Å². The maximum Gasteiger partial charge on any atom is 0.339 e. The smallest absolute Gasteiger partial charge is 0.339 e. The van der Waals surface area contributed by atoms with Gasteiger partial charge in [-0.15, -0.1) is 11.3 Å². The van der Waals surface area contributed by atoms with Crippen molar-refractivity contribution in [2.75, 3.05) is 12.4 Å². The monoisotopic (exact) mass is 299 g/mol. The van der Waals surface area contributed by atoms with E-state index in [9.17, 15) is 4.79 Å². The zero-order chi connectivity index (χ0) is 14.7. The molecule has 2 heterocycles. The Balaban J connectivity index is 1.98. The number of methoxy groups -OCH3 is 1. The molecule has 0 atom stereocenters. The van der Waals surface area contributed by atoms with E-state index in [1.54, 1.807) is 18.4 Å². The van der Waals surface area contributed by atoms with Gasteiger partial charge < -0.3 is 14.5 Å². The highest BCUT2D eigenvalue weighted by molar-refractivity contribution is 7.19. The van der Waals surface area contributed by atoms with E-state index in [0.29, 0.717) is 11.3 Å². The van der Waals surface area contributed by atoms with Crippen LogP contribution in [0.4, 0.5) is 10.7 Å². The third kappa shape index (κ3) is 2.83. The van der Waals surface area contributed by atoms with E-state index in [-0.39, 0.29) is 5.97 Å². The predicted octanol–water partition coefficient (Wildman–Crippen LogP) is 4.54. The van der Waals surface area contributed by atoms with E-state index in [4.69, 9.17) is 9.15 Å². The van der Waals surface area contributed by atoms with Crippen molar-refractivity contribution in [3.63, 3.8) is 0 Å². The first-order valence-electron chi connectivity index (χ1n) is 6.36. The molecule has 0 aliphatic carbocycles. The first-order valence-corrected chi connectivity index (χ1v) is 7.17. The molecule has 5 heteroatoms. The number of ether oxygens (including phenoxy) is 1. The van der Waals surface area contributed by atoms with Crippen LogP contribution in [0.2, 0.25) is 0 Å². The molecule has 1 aromatic carbocycles. The van der Waals surface area contributed by atoms with Crippen LogP contribution in [0.25, 0.3) is 10.6 Å². The van der Waals surface area contributed by atoms with Crippen molar-refractivity contribution in [1.82, 2.24) is 0 Å². The molecule has 3 aromatic rings. The summed E-state index contributed by atoms with van der Waals surface area (Å²) < 4.78 is 10.2. The minimum atomic E-state index is -0.376. The van der Waals surface area contributed by atoms with E-state index in [0.717, 1.165) is 15.6 Å². The average molecular weight is 299 g/mol. The molecular weight excluding hydrogens is 286 g/mol. The third-order valence-electron chi connectivity index (χ3n) is 2.92. The Kier molecular flexibility index (Phi) is 3.75. The summed E-state index contributed by atoms with van der Waals surface area (Å²) in [6, 6.07) is 15.2. The van der Waals surface area contributed by atoms with Crippen LogP contribution in [0.1, 0.15) is 10.4 Å². The van der Waals surface area contributed by atoms with Gasteiger partial charge in [0, 0.05) is 5.69 Å². The van der Waals surface area contributed by atoms with Crippen LogP contribution in [-0.4, -0.2) is 13.1 Å². The summed E-state index contributed by atoms with van der Waals surface area (Å²) in [7, 11) is 1.37. The number of esters is 1. The fourth-order valence-electron chi connectivity index (χ4n) is 1.97. The molecule has 0 saturated heterocycles. The minimum Gasteiger partial charge on any atom is -0.465 e. The fraction of sp³-hybridized carbons (Fsp3) is 0.0625. The lowest BCUT2D eigenvalue weighted by molar-refractivity contribution is 0.0602. The second-order valence-corrected chi connectivity index (χ2v) is 5.37. The molecule has 0 aliphatic heterocycles. The molecule has 106 valence electrons.